The highest BCUT2D eigenvalue weighted by Crippen LogP contribution is 2.17. The Bertz CT molecular complexity index is 551. The van der Waals surface area contributed by atoms with Crippen LogP contribution in [0.15, 0.2) is 30.5 Å². The van der Waals surface area contributed by atoms with Crippen LogP contribution in [0.4, 0.5) is 10.8 Å². The third-order valence-corrected chi connectivity index (χ3v) is 3.29. The molecule has 0 aliphatic rings. The Kier molecular flexibility index (Phi) is 3.94. The standard InChI is InChI=1S/C13H15N3OS/c1-9-8-15-13(18-9)16-12(17)6-5-10-3-2-4-11(14)7-10/h2-4,7-8H,5-6,14H2,1H3,(H,15,16,17). The fraction of sp³-hybridized carbons (Fsp3) is 0.231. The van der Waals surface area contributed by atoms with Crippen molar-refractivity contribution in [3.8, 4) is 0 Å². The number of benzene rings is 1. The number of nitrogens with one attached hydrogen (secondary N) is 1. The van der Waals surface area contributed by atoms with Gasteiger partial charge in [-0.1, -0.05) is 12.1 Å². The Morgan fingerprint density at radius 1 is 1.50 bits per heavy atom. The third kappa shape index (κ3) is 3.56. The number of aryl methyl sites for hydroxylation is 2. The van der Waals surface area contributed by atoms with E-state index in [0.29, 0.717) is 18.0 Å². The minimum Gasteiger partial charge on any atom is -0.399 e. The molecule has 1 amide bonds. The van der Waals surface area contributed by atoms with Gasteiger partial charge in [-0.3, -0.25) is 4.79 Å². The maximum absolute atomic E-state index is 11.7. The van der Waals surface area contributed by atoms with Crippen LogP contribution in [-0.2, 0) is 11.2 Å². The van der Waals surface area contributed by atoms with Gasteiger partial charge >= 0.3 is 0 Å². The van der Waals surface area contributed by atoms with Gasteiger partial charge in [-0.05, 0) is 31.0 Å². The predicted octanol–water partition coefficient (Wildman–Crippen LogP) is 2.61. The number of carbonyl (C=O) groups excluding carboxylic acids is 1. The molecule has 0 bridgehead atoms. The van der Waals surface area contributed by atoms with Crippen molar-refractivity contribution in [1.82, 2.24) is 4.98 Å². The van der Waals surface area contributed by atoms with E-state index in [-0.39, 0.29) is 5.91 Å². The molecule has 0 atom stereocenters. The van der Waals surface area contributed by atoms with Crippen LogP contribution in [0.3, 0.4) is 0 Å². The molecule has 0 saturated carbocycles. The highest BCUT2D eigenvalue weighted by molar-refractivity contribution is 7.15. The van der Waals surface area contributed by atoms with Gasteiger partial charge in [-0.15, -0.1) is 11.3 Å². The largest absolute Gasteiger partial charge is 0.399 e. The van der Waals surface area contributed by atoms with E-state index in [1.165, 1.54) is 11.3 Å². The average Bonchev–Trinajstić information content (AvgIpc) is 2.72. The van der Waals surface area contributed by atoms with Crippen LogP contribution >= 0.6 is 11.3 Å². The van der Waals surface area contributed by atoms with Crippen LogP contribution in [-0.4, -0.2) is 10.9 Å². The highest BCUT2D eigenvalue weighted by Gasteiger charge is 2.05. The van der Waals surface area contributed by atoms with E-state index >= 15 is 0 Å². The van der Waals surface area contributed by atoms with Crippen molar-refractivity contribution in [3.63, 3.8) is 0 Å². The van der Waals surface area contributed by atoms with Gasteiger partial charge in [0.1, 0.15) is 0 Å². The lowest BCUT2D eigenvalue weighted by Crippen LogP contribution is -2.12. The van der Waals surface area contributed by atoms with E-state index < -0.39 is 0 Å². The Balaban J connectivity index is 1.85. The van der Waals surface area contributed by atoms with E-state index in [9.17, 15) is 4.79 Å². The molecule has 0 spiro atoms. The lowest BCUT2D eigenvalue weighted by Gasteiger charge is -2.03. The van der Waals surface area contributed by atoms with Crippen LogP contribution in [0.1, 0.15) is 16.9 Å². The molecular formula is C13H15N3OS. The maximum Gasteiger partial charge on any atom is 0.226 e. The summed E-state index contributed by atoms with van der Waals surface area (Å²) in [7, 11) is 0. The van der Waals surface area contributed by atoms with Crippen LogP contribution in [0.25, 0.3) is 0 Å². The molecule has 5 heteroatoms. The second-order valence-electron chi connectivity index (χ2n) is 4.07. The number of carbonyl (C=O) groups is 1. The second kappa shape index (κ2) is 5.64. The number of nitrogens with zero attached hydrogens (tertiary/aromatic N) is 1. The summed E-state index contributed by atoms with van der Waals surface area (Å²) in [6.45, 7) is 1.96. The quantitative estimate of drug-likeness (QED) is 0.831. The fourth-order valence-corrected chi connectivity index (χ4v) is 2.28. The number of rotatable bonds is 4. The zero-order chi connectivity index (χ0) is 13.0. The van der Waals surface area contributed by atoms with Gasteiger partial charge in [0.2, 0.25) is 5.91 Å². The number of hydrogen-bond donors (Lipinski definition) is 2. The van der Waals surface area contributed by atoms with E-state index in [4.69, 9.17) is 5.73 Å². The van der Waals surface area contributed by atoms with E-state index in [1.807, 2.05) is 31.2 Å². The topological polar surface area (TPSA) is 68.0 Å². The summed E-state index contributed by atoms with van der Waals surface area (Å²) < 4.78 is 0. The molecule has 0 aliphatic carbocycles. The van der Waals surface area contributed by atoms with Crippen LogP contribution in [0, 0.1) is 6.92 Å². The first-order valence-corrected chi connectivity index (χ1v) is 6.52. The summed E-state index contributed by atoms with van der Waals surface area (Å²) in [5, 5.41) is 3.44. The Morgan fingerprint density at radius 2 is 2.33 bits per heavy atom. The Morgan fingerprint density at radius 3 is 3.00 bits per heavy atom. The Labute approximate surface area is 110 Å². The molecule has 4 nitrogen and oxygen atoms in total. The minimum absolute atomic E-state index is 0.0215. The summed E-state index contributed by atoms with van der Waals surface area (Å²) >= 11 is 1.48. The number of anilines is 2. The minimum atomic E-state index is -0.0215. The van der Waals surface area contributed by atoms with E-state index in [1.54, 1.807) is 6.20 Å². The molecule has 0 aliphatic heterocycles. The number of thiazole rings is 1. The van der Waals surface area contributed by atoms with Gasteiger partial charge in [0.25, 0.3) is 0 Å². The zero-order valence-electron chi connectivity index (χ0n) is 10.1. The average molecular weight is 261 g/mol. The smallest absolute Gasteiger partial charge is 0.226 e. The van der Waals surface area contributed by atoms with Gasteiger partial charge in [0.15, 0.2) is 5.13 Å². The number of aromatic nitrogens is 1. The predicted molar refractivity (Wildman–Crippen MR) is 74.7 cm³/mol. The molecule has 0 fully saturated rings. The first-order valence-electron chi connectivity index (χ1n) is 5.70. The molecule has 94 valence electrons. The highest BCUT2D eigenvalue weighted by atomic mass is 32.1. The molecule has 0 saturated heterocycles. The lowest BCUT2D eigenvalue weighted by atomic mass is 10.1. The van der Waals surface area contributed by atoms with Crippen molar-refractivity contribution in [2.75, 3.05) is 11.1 Å². The van der Waals surface area contributed by atoms with E-state index in [2.05, 4.69) is 10.3 Å². The molecule has 1 heterocycles. The molecule has 1 aromatic carbocycles. The van der Waals surface area contributed by atoms with Crippen molar-refractivity contribution in [1.29, 1.82) is 0 Å². The van der Waals surface area contributed by atoms with Gasteiger partial charge in [0, 0.05) is 23.2 Å². The molecule has 1 aromatic heterocycles. The molecule has 0 unspecified atom stereocenters. The van der Waals surface area contributed by atoms with Gasteiger partial charge in [-0.2, -0.15) is 0 Å². The zero-order valence-corrected chi connectivity index (χ0v) is 11.0. The van der Waals surface area contributed by atoms with Crippen LogP contribution in [0.2, 0.25) is 0 Å². The van der Waals surface area contributed by atoms with Crippen molar-refractivity contribution < 1.29 is 4.79 Å². The third-order valence-electron chi connectivity index (χ3n) is 2.46. The SMILES string of the molecule is Cc1cnc(NC(=O)CCc2cccc(N)c2)s1. The van der Waals surface area contributed by atoms with Crippen LogP contribution < -0.4 is 11.1 Å². The number of nitrogen functional groups attached to an aromatic ring is 1. The number of hydrogen-bond acceptors (Lipinski definition) is 4. The van der Waals surface area contributed by atoms with Gasteiger partial charge in [0.05, 0.1) is 0 Å². The van der Waals surface area contributed by atoms with Crippen molar-refractivity contribution in [2.24, 2.45) is 0 Å². The first kappa shape index (κ1) is 12.6. The fourth-order valence-electron chi connectivity index (χ4n) is 1.60. The van der Waals surface area contributed by atoms with Gasteiger partial charge < -0.3 is 11.1 Å². The second-order valence-corrected chi connectivity index (χ2v) is 5.30. The normalized spacial score (nSPS) is 10.3. The summed E-state index contributed by atoms with van der Waals surface area (Å²) in [4.78, 5) is 16.9. The van der Waals surface area contributed by atoms with Crippen molar-refractivity contribution >= 4 is 28.1 Å². The monoisotopic (exact) mass is 261 g/mol. The summed E-state index contributed by atoms with van der Waals surface area (Å²) in [5.74, 6) is -0.0215. The molecular weight excluding hydrogens is 246 g/mol. The summed E-state index contributed by atoms with van der Waals surface area (Å²) in [6, 6.07) is 7.59. The summed E-state index contributed by atoms with van der Waals surface area (Å²) in [6.07, 6.45) is 2.86. The molecule has 2 rings (SSSR count). The molecule has 2 aromatic rings. The molecule has 0 radical (unpaired) electrons. The van der Waals surface area contributed by atoms with Gasteiger partial charge in [-0.25, -0.2) is 4.98 Å². The number of amides is 1. The number of nitrogens with two attached hydrogens (primary N) is 1. The first-order chi connectivity index (χ1) is 8.63. The lowest BCUT2D eigenvalue weighted by molar-refractivity contribution is -0.116. The maximum atomic E-state index is 11.7. The molecule has 3 N–H and O–H groups in total. The van der Waals surface area contributed by atoms with Crippen molar-refractivity contribution in [3.05, 3.63) is 40.9 Å². The van der Waals surface area contributed by atoms with Crippen LogP contribution in [0.5, 0.6) is 0 Å². The van der Waals surface area contributed by atoms with E-state index in [0.717, 1.165) is 16.1 Å². The van der Waals surface area contributed by atoms with Crippen molar-refractivity contribution in [2.45, 2.75) is 19.8 Å². The molecule has 18 heavy (non-hydrogen) atoms. The Hall–Kier alpha value is -1.88. The summed E-state index contributed by atoms with van der Waals surface area (Å²) in [5.41, 5.74) is 7.48.